The zero-order valence-electron chi connectivity index (χ0n) is 9.30. The van der Waals surface area contributed by atoms with E-state index in [1.165, 1.54) is 0 Å². The van der Waals surface area contributed by atoms with Gasteiger partial charge in [0, 0.05) is 19.2 Å². The molecule has 2 fully saturated rings. The van der Waals surface area contributed by atoms with Crippen molar-refractivity contribution in [2.75, 3.05) is 49.6 Å². The van der Waals surface area contributed by atoms with Crippen LogP contribution in [-0.4, -0.2) is 49.7 Å². The van der Waals surface area contributed by atoms with E-state index in [1.807, 2.05) is 9.80 Å². The quantitative estimate of drug-likeness (QED) is 0.727. The second-order valence-electron chi connectivity index (χ2n) is 3.95. The topological polar surface area (TPSA) is 50.7 Å². The highest BCUT2D eigenvalue weighted by molar-refractivity contribution is 6.29. The standard InChI is InChI=1S/C10H13ClN4O2/c11-8-5-9(14-1-3-16-6-14)13-10(12-8)15-2-4-17-7-15/h5H,1-4,6-7H2. The van der Waals surface area contributed by atoms with E-state index in [0.29, 0.717) is 31.2 Å². The maximum absolute atomic E-state index is 6.02. The predicted molar refractivity (Wildman–Crippen MR) is 63.4 cm³/mol. The number of rotatable bonds is 2. The molecular formula is C10H13ClN4O2. The van der Waals surface area contributed by atoms with Gasteiger partial charge in [-0.3, -0.25) is 0 Å². The van der Waals surface area contributed by atoms with Gasteiger partial charge in [-0.1, -0.05) is 11.6 Å². The Labute approximate surface area is 104 Å². The highest BCUT2D eigenvalue weighted by atomic mass is 35.5. The van der Waals surface area contributed by atoms with Gasteiger partial charge in [-0.2, -0.15) is 4.98 Å². The maximum Gasteiger partial charge on any atom is 0.230 e. The number of anilines is 2. The largest absolute Gasteiger partial charge is 0.359 e. The van der Waals surface area contributed by atoms with Crippen molar-refractivity contribution in [3.63, 3.8) is 0 Å². The minimum atomic E-state index is 0.448. The zero-order chi connectivity index (χ0) is 11.7. The molecule has 1 aromatic rings. The van der Waals surface area contributed by atoms with Gasteiger partial charge in [-0.05, 0) is 0 Å². The van der Waals surface area contributed by atoms with Crippen LogP contribution in [0, 0.1) is 0 Å². The van der Waals surface area contributed by atoms with E-state index in [-0.39, 0.29) is 0 Å². The lowest BCUT2D eigenvalue weighted by Gasteiger charge is -2.18. The summed E-state index contributed by atoms with van der Waals surface area (Å²) in [5, 5.41) is 0.448. The van der Waals surface area contributed by atoms with Crippen molar-refractivity contribution in [3.8, 4) is 0 Å². The number of ether oxygens (including phenoxy) is 2. The Morgan fingerprint density at radius 1 is 1.06 bits per heavy atom. The summed E-state index contributed by atoms with van der Waals surface area (Å²) in [7, 11) is 0. The molecule has 3 heterocycles. The lowest BCUT2D eigenvalue weighted by Crippen LogP contribution is -2.24. The molecule has 6 nitrogen and oxygen atoms in total. The van der Waals surface area contributed by atoms with Crippen LogP contribution in [-0.2, 0) is 9.47 Å². The number of aromatic nitrogens is 2. The third-order valence-electron chi connectivity index (χ3n) is 2.78. The van der Waals surface area contributed by atoms with Gasteiger partial charge < -0.3 is 19.3 Å². The Morgan fingerprint density at radius 2 is 1.76 bits per heavy atom. The molecule has 0 spiro atoms. The van der Waals surface area contributed by atoms with Crippen LogP contribution in [0.4, 0.5) is 11.8 Å². The third-order valence-corrected chi connectivity index (χ3v) is 2.98. The Balaban J connectivity index is 1.88. The average molecular weight is 257 g/mol. The second-order valence-corrected chi connectivity index (χ2v) is 4.34. The summed E-state index contributed by atoms with van der Waals surface area (Å²) in [4.78, 5) is 12.7. The Bertz CT molecular complexity index is 371. The number of hydrogen-bond acceptors (Lipinski definition) is 6. The van der Waals surface area contributed by atoms with Gasteiger partial charge >= 0.3 is 0 Å². The van der Waals surface area contributed by atoms with Crippen molar-refractivity contribution in [2.24, 2.45) is 0 Å². The van der Waals surface area contributed by atoms with E-state index in [4.69, 9.17) is 21.1 Å². The molecule has 92 valence electrons. The first kappa shape index (κ1) is 11.0. The highest BCUT2D eigenvalue weighted by Gasteiger charge is 2.20. The van der Waals surface area contributed by atoms with E-state index in [9.17, 15) is 0 Å². The first-order valence-electron chi connectivity index (χ1n) is 5.53. The number of halogens is 1. The molecule has 17 heavy (non-hydrogen) atoms. The molecule has 2 aliphatic rings. The van der Waals surface area contributed by atoms with Gasteiger partial charge in [0.05, 0.1) is 13.2 Å². The van der Waals surface area contributed by atoms with Crippen molar-refractivity contribution in [1.29, 1.82) is 0 Å². The predicted octanol–water partition coefficient (Wildman–Crippen LogP) is 0.718. The summed E-state index contributed by atoms with van der Waals surface area (Å²) in [5.41, 5.74) is 0. The first-order chi connectivity index (χ1) is 8.33. The number of hydrogen-bond donors (Lipinski definition) is 0. The molecule has 0 aliphatic carbocycles. The minimum Gasteiger partial charge on any atom is -0.359 e. The van der Waals surface area contributed by atoms with Crippen LogP contribution in [0.3, 0.4) is 0 Å². The molecule has 0 radical (unpaired) electrons. The van der Waals surface area contributed by atoms with E-state index >= 15 is 0 Å². The molecule has 3 rings (SSSR count). The SMILES string of the molecule is Clc1cc(N2CCOC2)nc(N2CCOC2)n1. The molecule has 0 N–H and O–H groups in total. The summed E-state index contributed by atoms with van der Waals surface area (Å²) in [5.74, 6) is 1.43. The van der Waals surface area contributed by atoms with Crippen LogP contribution >= 0.6 is 11.6 Å². The molecule has 7 heteroatoms. The fraction of sp³-hybridized carbons (Fsp3) is 0.600. The summed E-state index contributed by atoms with van der Waals surface area (Å²) in [6.45, 7) is 4.15. The molecule has 0 saturated carbocycles. The van der Waals surface area contributed by atoms with Gasteiger partial charge in [-0.25, -0.2) is 4.98 Å². The Kier molecular flexibility index (Phi) is 3.00. The van der Waals surface area contributed by atoms with E-state index in [1.54, 1.807) is 6.07 Å². The molecule has 0 aromatic carbocycles. The van der Waals surface area contributed by atoms with Crippen molar-refractivity contribution < 1.29 is 9.47 Å². The molecule has 0 amide bonds. The molecule has 1 aromatic heterocycles. The van der Waals surface area contributed by atoms with Crippen LogP contribution in [0.25, 0.3) is 0 Å². The molecule has 2 saturated heterocycles. The van der Waals surface area contributed by atoms with Gasteiger partial charge in [0.1, 0.15) is 24.4 Å². The Hall–Kier alpha value is -1.11. The summed E-state index contributed by atoms with van der Waals surface area (Å²) < 4.78 is 10.6. The fourth-order valence-electron chi connectivity index (χ4n) is 1.86. The summed E-state index contributed by atoms with van der Waals surface area (Å²) in [6.07, 6.45) is 0. The van der Waals surface area contributed by atoms with Crippen LogP contribution < -0.4 is 9.80 Å². The van der Waals surface area contributed by atoms with Gasteiger partial charge in [-0.15, -0.1) is 0 Å². The Morgan fingerprint density at radius 3 is 2.41 bits per heavy atom. The highest BCUT2D eigenvalue weighted by Crippen LogP contribution is 2.22. The summed E-state index contributed by atoms with van der Waals surface area (Å²) >= 11 is 6.02. The van der Waals surface area contributed by atoms with Gasteiger partial charge in [0.15, 0.2) is 0 Å². The minimum absolute atomic E-state index is 0.448. The molecular weight excluding hydrogens is 244 g/mol. The van der Waals surface area contributed by atoms with Crippen molar-refractivity contribution in [3.05, 3.63) is 11.2 Å². The monoisotopic (exact) mass is 256 g/mol. The number of nitrogens with zero attached hydrogens (tertiary/aromatic N) is 4. The molecule has 0 bridgehead atoms. The molecule has 0 atom stereocenters. The van der Waals surface area contributed by atoms with Crippen LogP contribution in [0.15, 0.2) is 6.07 Å². The summed E-state index contributed by atoms with van der Waals surface area (Å²) in [6, 6.07) is 1.76. The van der Waals surface area contributed by atoms with Gasteiger partial charge in [0.2, 0.25) is 5.95 Å². The second kappa shape index (κ2) is 4.64. The normalized spacial score (nSPS) is 20.3. The smallest absolute Gasteiger partial charge is 0.230 e. The van der Waals surface area contributed by atoms with Crippen LogP contribution in [0.2, 0.25) is 5.15 Å². The average Bonchev–Trinajstić information content (AvgIpc) is 3.02. The van der Waals surface area contributed by atoms with Crippen LogP contribution in [0.1, 0.15) is 0 Å². The third kappa shape index (κ3) is 2.29. The van der Waals surface area contributed by atoms with E-state index in [0.717, 1.165) is 25.5 Å². The van der Waals surface area contributed by atoms with Gasteiger partial charge in [0.25, 0.3) is 0 Å². The fourth-order valence-corrected chi connectivity index (χ4v) is 2.04. The first-order valence-corrected chi connectivity index (χ1v) is 5.91. The van der Waals surface area contributed by atoms with E-state index < -0.39 is 0 Å². The van der Waals surface area contributed by atoms with Crippen molar-refractivity contribution in [2.45, 2.75) is 0 Å². The molecule has 0 unspecified atom stereocenters. The zero-order valence-corrected chi connectivity index (χ0v) is 10.1. The van der Waals surface area contributed by atoms with Crippen molar-refractivity contribution in [1.82, 2.24) is 9.97 Å². The lowest BCUT2D eigenvalue weighted by molar-refractivity contribution is 0.200. The lowest BCUT2D eigenvalue weighted by atomic mass is 10.5. The maximum atomic E-state index is 6.02. The molecule has 2 aliphatic heterocycles. The van der Waals surface area contributed by atoms with Crippen LogP contribution in [0.5, 0.6) is 0 Å². The van der Waals surface area contributed by atoms with Crippen molar-refractivity contribution >= 4 is 23.4 Å². The van der Waals surface area contributed by atoms with E-state index in [2.05, 4.69) is 9.97 Å².